The molecule has 3 aromatic rings. The van der Waals surface area contributed by atoms with E-state index >= 15 is 0 Å². The normalized spacial score (nSPS) is 10.5. The zero-order valence-corrected chi connectivity index (χ0v) is 13.8. The number of hydrogen-bond donors (Lipinski definition) is 2. The number of nitrogens with one attached hydrogen (secondary N) is 2. The van der Waals surface area contributed by atoms with Crippen molar-refractivity contribution in [1.82, 2.24) is 15.0 Å². The summed E-state index contributed by atoms with van der Waals surface area (Å²) in [6, 6.07) is 6.31. The quantitative estimate of drug-likeness (QED) is 0.755. The van der Waals surface area contributed by atoms with Crippen LogP contribution in [-0.2, 0) is 0 Å². The number of nitrogens with zero attached hydrogens (tertiary/aromatic N) is 3. The molecule has 6 nitrogen and oxygen atoms in total. The molecule has 0 spiro atoms. The first kappa shape index (κ1) is 16.0. The summed E-state index contributed by atoms with van der Waals surface area (Å²) in [4.78, 5) is 24.7. The number of halogens is 1. The van der Waals surface area contributed by atoms with E-state index in [2.05, 4.69) is 25.6 Å². The molecule has 24 heavy (non-hydrogen) atoms. The van der Waals surface area contributed by atoms with Gasteiger partial charge in [-0.2, -0.15) is 0 Å². The molecule has 3 aromatic heterocycles. The highest BCUT2D eigenvalue weighted by atomic mass is 32.1. The fourth-order valence-electron chi connectivity index (χ4n) is 2.05. The number of pyridine rings is 2. The van der Waals surface area contributed by atoms with Crippen molar-refractivity contribution in [3.63, 3.8) is 0 Å². The van der Waals surface area contributed by atoms with Gasteiger partial charge < -0.3 is 10.6 Å². The van der Waals surface area contributed by atoms with Crippen LogP contribution in [0.25, 0.3) is 0 Å². The molecule has 2 N–H and O–H groups in total. The summed E-state index contributed by atoms with van der Waals surface area (Å²) in [5.41, 5.74) is 1.95. The van der Waals surface area contributed by atoms with Crippen molar-refractivity contribution in [3.8, 4) is 0 Å². The predicted octanol–water partition coefficient (Wildman–Crippen LogP) is 3.68. The van der Waals surface area contributed by atoms with E-state index in [0.29, 0.717) is 5.00 Å². The van der Waals surface area contributed by atoms with Gasteiger partial charge in [0, 0.05) is 17.6 Å². The number of carbonyl (C=O) groups excluding carboxylic acids is 1. The SMILES string of the molecule is Cc1cc(Nc2sc(C)nc2C(=O)Nc2ccc(F)cn2)ccn1. The zero-order valence-electron chi connectivity index (χ0n) is 13.0. The number of anilines is 3. The fraction of sp³-hybridized carbons (Fsp3) is 0.125. The maximum absolute atomic E-state index is 12.9. The van der Waals surface area contributed by atoms with Crippen molar-refractivity contribution in [2.75, 3.05) is 10.6 Å². The smallest absolute Gasteiger partial charge is 0.278 e. The highest BCUT2D eigenvalue weighted by Gasteiger charge is 2.18. The van der Waals surface area contributed by atoms with E-state index < -0.39 is 11.7 Å². The molecule has 8 heteroatoms. The Morgan fingerprint density at radius 1 is 1.21 bits per heavy atom. The van der Waals surface area contributed by atoms with E-state index in [1.807, 2.05) is 26.0 Å². The Labute approximate surface area is 141 Å². The molecule has 0 unspecified atom stereocenters. The second kappa shape index (κ2) is 6.71. The van der Waals surface area contributed by atoms with Gasteiger partial charge in [-0.3, -0.25) is 9.78 Å². The average molecular weight is 343 g/mol. The van der Waals surface area contributed by atoms with Gasteiger partial charge in [0.1, 0.15) is 16.6 Å². The number of rotatable bonds is 4. The van der Waals surface area contributed by atoms with Gasteiger partial charge in [-0.05, 0) is 38.1 Å². The predicted molar refractivity (Wildman–Crippen MR) is 91.3 cm³/mol. The molecule has 0 saturated heterocycles. The van der Waals surface area contributed by atoms with Gasteiger partial charge in [-0.1, -0.05) is 0 Å². The van der Waals surface area contributed by atoms with E-state index in [1.165, 1.54) is 23.5 Å². The summed E-state index contributed by atoms with van der Waals surface area (Å²) in [5, 5.41) is 7.17. The molecule has 122 valence electrons. The van der Waals surface area contributed by atoms with Crippen LogP contribution < -0.4 is 10.6 Å². The molecule has 0 radical (unpaired) electrons. The molecule has 0 aromatic carbocycles. The molecule has 0 fully saturated rings. The van der Waals surface area contributed by atoms with Gasteiger partial charge in [0.15, 0.2) is 5.69 Å². The first-order valence-corrected chi connectivity index (χ1v) is 7.93. The van der Waals surface area contributed by atoms with Crippen molar-refractivity contribution >= 4 is 33.8 Å². The van der Waals surface area contributed by atoms with Crippen LogP contribution in [0.3, 0.4) is 0 Å². The summed E-state index contributed by atoms with van der Waals surface area (Å²) in [5.74, 6) is -0.614. The van der Waals surface area contributed by atoms with Gasteiger partial charge in [-0.15, -0.1) is 11.3 Å². The minimum atomic E-state index is -0.465. The van der Waals surface area contributed by atoms with Gasteiger partial charge in [-0.25, -0.2) is 14.4 Å². The minimum absolute atomic E-state index is 0.262. The van der Waals surface area contributed by atoms with Crippen LogP contribution in [0.2, 0.25) is 0 Å². The monoisotopic (exact) mass is 343 g/mol. The summed E-state index contributed by atoms with van der Waals surface area (Å²) >= 11 is 1.37. The van der Waals surface area contributed by atoms with E-state index in [9.17, 15) is 9.18 Å². The third-order valence-corrected chi connectivity index (χ3v) is 3.96. The molecule has 0 bridgehead atoms. The Hall–Kier alpha value is -2.87. The topological polar surface area (TPSA) is 79.8 Å². The van der Waals surface area contributed by atoms with Gasteiger partial charge in [0.2, 0.25) is 0 Å². The number of aryl methyl sites for hydroxylation is 2. The van der Waals surface area contributed by atoms with Crippen molar-refractivity contribution < 1.29 is 9.18 Å². The standard InChI is InChI=1S/C16H14FN5OS/c1-9-7-12(5-6-18-9)21-16-14(20-10(2)24-16)15(23)22-13-4-3-11(17)8-19-13/h3-8H,1-2H3,(H,18,21)(H,19,22,23). The number of carbonyl (C=O) groups is 1. The van der Waals surface area contributed by atoms with E-state index in [0.717, 1.165) is 22.6 Å². The van der Waals surface area contributed by atoms with Crippen LogP contribution in [0, 0.1) is 19.7 Å². The van der Waals surface area contributed by atoms with Gasteiger partial charge in [0.25, 0.3) is 5.91 Å². The Balaban J connectivity index is 1.82. The summed E-state index contributed by atoms with van der Waals surface area (Å²) < 4.78 is 12.9. The Kier molecular flexibility index (Phi) is 4.48. The largest absolute Gasteiger partial charge is 0.345 e. The molecule has 0 aliphatic heterocycles. The minimum Gasteiger partial charge on any atom is -0.345 e. The lowest BCUT2D eigenvalue weighted by atomic mass is 10.3. The lowest BCUT2D eigenvalue weighted by molar-refractivity contribution is 0.102. The maximum atomic E-state index is 12.9. The lowest BCUT2D eigenvalue weighted by Crippen LogP contribution is -2.15. The lowest BCUT2D eigenvalue weighted by Gasteiger charge is -2.07. The average Bonchev–Trinajstić information content (AvgIpc) is 2.90. The van der Waals surface area contributed by atoms with Crippen LogP contribution in [0.4, 0.5) is 20.9 Å². The third-order valence-electron chi connectivity index (χ3n) is 3.07. The zero-order chi connectivity index (χ0) is 17.1. The first-order chi connectivity index (χ1) is 11.5. The molecule has 3 heterocycles. The number of amides is 1. The number of hydrogen-bond acceptors (Lipinski definition) is 6. The molecule has 0 atom stereocenters. The van der Waals surface area contributed by atoms with Crippen molar-refractivity contribution in [3.05, 3.63) is 58.9 Å². The second-order valence-corrected chi connectivity index (χ2v) is 6.24. The van der Waals surface area contributed by atoms with Crippen LogP contribution in [0.5, 0.6) is 0 Å². The molecule has 0 saturated carbocycles. The maximum Gasteiger partial charge on any atom is 0.278 e. The highest BCUT2D eigenvalue weighted by molar-refractivity contribution is 7.16. The molecule has 0 aliphatic rings. The molecular weight excluding hydrogens is 329 g/mol. The Morgan fingerprint density at radius 3 is 2.75 bits per heavy atom. The van der Waals surface area contributed by atoms with Crippen molar-refractivity contribution in [2.45, 2.75) is 13.8 Å². The third kappa shape index (κ3) is 3.72. The van der Waals surface area contributed by atoms with Crippen LogP contribution in [0.1, 0.15) is 21.2 Å². The van der Waals surface area contributed by atoms with Crippen molar-refractivity contribution in [2.24, 2.45) is 0 Å². The van der Waals surface area contributed by atoms with Crippen LogP contribution in [-0.4, -0.2) is 20.9 Å². The first-order valence-electron chi connectivity index (χ1n) is 7.11. The second-order valence-electron chi connectivity index (χ2n) is 5.04. The molecule has 3 rings (SSSR count). The van der Waals surface area contributed by atoms with Crippen LogP contribution >= 0.6 is 11.3 Å². The van der Waals surface area contributed by atoms with Crippen molar-refractivity contribution in [1.29, 1.82) is 0 Å². The summed E-state index contributed by atoms with van der Waals surface area (Å²) in [6.07, 6.45) is 2.73. The van der Waals surface area contributed by atoms with Crippen LogP contribution in [0.15, 0.2) is 36.7 Å². The number of aromatic nitrogens is 3. The van der Waals surface area contributed by atoms with E-state index in [-0.39, 0.29) is 11.5 Å². The molecule has 0 aliphatic carbocycles. The Bertz CT molecular complexity index is 878. The number of thiazole rings is 1. The van der Waals surface area contributed by atoms with Gasteiger partial charge >= 0.3 is 0 Å². The summed E-state index contributed by atoms with van der Waals surface area (Å²) in [7, 11) is 0. The molecule has 1 amide bonds. The molecular formula is C16H14FN5OS. The van der Waals surface area contributed by atoms with E-state index in [4.69, 9.17) is 0 Å². The summed E-state index contributed by atoms with van der Waals surface area (Å²) in [6.45, 7) is 3.71. The van der Waals surface area contributed by atoms with E-state index in [1.54, 1.807) is 6.20 Å². The fourth-order valence-corrected chi connectivity index (χ4v) is 2.88. The Morgan fingerprint density at radius 2 is 2.04 bits per heavy atom. The van der Waals surface area contributed by atoms with Gasteiger partial charge in [0.05, 0.1) is 11.2 Å². The highest BCUT2D eigenvalue weighted by Crippen LogP contribution is 2.28.